The third-order valence-corrected chi connectivity index (χ3v) is 4.30. The van der Waals surface area contributed by atoms with Crippen molar-refractivity contribution in [3.8, 4) is 0 Å². The fourth-order valence-corrected chi connectivity index (χ4v) is 2.88. The Morgan fingerprint density at radius 3 is 2.04 bits per heavy atom. The van der Waals surface area contributed by atoms with Crippen LogP contribution in [0.4, 0.5) is 0 Å². The molecule has 0 spiro atoms. The molecule has 1 aliphatic heterocycles. The number of nitrogens with zero attached hydrogens (tertiary/aromatic N) is 2. The molecule has 3 nitrogen and oxygen atoms in total. The average Bonchev–Trinajstić information content (AvgIpc) is 3.10. The van der Waals surface area contributed by atoms with Crippen molar-refractivity contribution in [2.45, 2.75) is 39.0 Å². The van der Waals surface area contributed by atoms with E-state index in [1.807, 2.05) is 43.3 Å². The number of hydrogen-bond donors (Lipinski definition) is 0. The summed E-state index contributed by atoms with van der Waals surface area (Å²) in [4.78, 5) is 16.2. The Bertz CT molecular complexity index is 776. The Balaban J connectivity index is 1.74. The zero-order chi connectivity index (χ0) is 17.5. The van der Waals surface area contributed by atoms with Crippen molar-refractivity contribution in [1.82, 2.24) is 5.32 Å². The number of carbonyl (C=O) groups excluding carboxylic acids is 1. The van der Waals surface area contributed by atoms with Crippen LogP contribution in [0.1, 0.15) is 50.2 Å². The zero-order valence-electron chi connectivity index (χ0n) is 14.6. The Morgan fingerprint density at radius 1 is 0.840 bits per heavy atom. The minimum absolute atomic E-state index is 0.332. The Morgan fingerprint density at radius 2 is 1.44 bits per heavy atom. The van der Waals surface area contributed by atoms with E-state index in [4.69, 9.17) is 10.3 Å². The van der Waals surface area contributed by atoms with Crippen LogP contribution in [0.3, 0.4) is 0 Å². The molecule has 2 aromatic rings. The van der Waals surface area contributed by atoms with Crippen molar-refractivity contribution in [2.75, 3.05) is 0 Å². The molecule has 2 aromatic carbocycles. The molecule has 127 valence electrons. The minimum Gasteiger partial charge on any atom is -0.300 e. The molecule has 1 aliphatic rings. The molecule has 0 N–H and O–H groups in total. The maximum atomic E-state index is 11.4. The Hall–Kier alpha value is -2.68. The van der Waals surface area contributed by atoms with Crippen molar-refractivity contribution < 1.29 is 4.79 Å². The van der Waals surface area contributed by atoms with Gasteiger partial charge < -0.3 is 0 Å². The van der Waals surface area contributed by atoms with E-state index < -0.39 is 0 Å². The third kappa shape index (κ3) is 4.44. The van der Waals surface area contributed by atoms with Crippen LogP contribution in [0.5, 0.6) is 0 Å². The summed E-state index contributed by atoms with van der Waals surface area (Å²) in [5, 5.41) is 4.80. The molecule has 0 aliphatic carbocycles. The molecule has 0 amide bonds. The van der Waals surface area contributed by atoms with Gasteiger partial charge in [-0.25, -0.2) is 10.3 Å². The number of hydrogen-bond acceptors (Lipinski definition) is 2. The van der Waals surface area contributed by atoms with E-state index in [2.05, 4.69) is 24.3 Å². The quantitative estimate of drug-likeness (QED) is 0.623. The van der Waals surface area contributed by atoms with Gasteiger partial charge in [0.1, 0.15) is 11.6 Å². The molecule has 1 radical (unpaired) electrons. The normalized spacial score (nSPS) is 13.6. The van der Waals surface area contributed by atoms with E-state index in [-0.39, 0.29) is 0 Å². The molecule has 0 atom stereocenters. The van der Waals surface area contributed by atoms with Gasteiger partial charge in [0.05, 0.1) is 11.4 Å². The summed E-state index contributed by atoms with van der Waals surface area (Å²) in [6, 6.07) is 20.4. The number of aliphatic imine (C=N–C) groups is 1. The Labute approximate surface area is 149 Å². The standard InChI is InChI=1S/C22H23N2O/c1-2-19(25)15-9-10-16-20-23-21(17-11-5-3-6-12-17)22(24-20)18-13-7-4-8-14-18/h3-8,11-14H,2,9-10,15-16H2,1H3. The number of ketones is 1. The molecule has 0 unspecified atom stereocenters. The van der Waals surface area contributed by atoms with E-state index in [1.165, 1.54) is 0 Å². The summed E-state index contributed by atoms with van der Waals surface area (Å²) < 4.78 is 0. The third-order valence-electron chi connectivity index (χ3n) is 4.30. The van der Waals surface area contributed by atoms with Crippen LogP contribution >= 0.6 is 0 Å². The molecule has 1 heterocycles. The molecular formula is C22H23N2O. The summed E-state index contributed by atoms with van der Waals surface area (Å²) in [6.07, 6.45) is 3.95. The van der Waals surface area contributed by atoms with Crippen molar-refractivity contribution in [3.05, 3.63) is 71.8 Å². The summed E-state index contributed by atoms with van der Waals surface area (Å²) in [5.41, 5.74) is 4.04. The zero-order valence-corrected chi connectivity index (χ0v) is 14.6. The highest BCUT2D eigenvalue weighted by Gasteiger charge is 2.21. The van der Waals surface area contributed by atoms with Gasteiger partial charge in [-0.2, -0.15) is 0 Å². The maximum absolute atomic E-state index is 11.4. The fourth-order valence-electron chi connectivity index (χ4n) is 2.88. The highest BCUT2D eigenvalue weighted by molar-refractivity contribution is 6.07. The molecule has 3 heteroatoms. The summed E-state index contributed by atoms with van der Waals surface area (Å²) in [6.45, 7) is 1.92. The number of rotatable bonds is 8. The number of benzene rings is 2. The van der Waals surface area contributed by atoms with Crippen molar-refractivity contribution in [1.29, 1.82) is 0 Å². The second kappa shape index (κ2) is 8.43. The number of unbranched alkanes of at least 4 members (excludes halogenated alkanes) is 1. The highest BCUT2D eigenvalue weighted by atomic mass is 16.1. The lowest BCUT2D eigenvalue weighted by Gasteiger charge is -2.06. The molecular weight excluding hydrogens is 308 g/mol. The largest absolute Gasteiger partial charge is 0.300 e. The van der Waals surface area contributed by atoms with Crippen molar-refractivity contribution in [2.24, 2.45) is 4.99 Å². The number of Topliss-reactive ketones (excluding diaryl/α,β-unsaturated/α-hetero) is 1. The smallest absolute Gasteiger partial charge is 0.132 e. The molecule has 3 rings (SSSR count). The van der Waals surface area contributed by atoms with Gasteiger partial charge in [0.25, 0.3) is 0 Å². The van der Waals surface area contributed by atoms with Gasteiger partial charge in [0.15, 0.2) is 0 Å². The van der Waals surface area contributed by atoms with Gasteiger partial charge in [-0.3, -0.25) is 4.79 Å². The van der Waals surface area contributed by atoms with E-state index in [1.54, 1.807) is 0 Å². The van der Waals surface area contributed by atoms with Crippen LogP contribution in [0.15, 0.2) is 65.7 Å². The van der Waals surface area contributed by atoms with Gasteiger partial charge in [0.2, 0.25) is 0 Å². The van der Waals surface area contributed by atoms with Crippen LogP contribution < -0.4 is 5.32 Å². The lowest BCUT2D eigenvalue weighted by molar-refractivity contribution is -0.118. The molecule has 0 fully saturated rings. The van der Waals surface area contributed by atoms with Gasteiger partial charge in [-0.15, -0.1) is 0 Å². The SMILES string of the molecule is CCC(=O)CCCCC1=NC(c2ccccc2)=C(c2ccccc2)[N]1. The highest BCUT2D eigenvalue weighted by Crippen LogP contribution is 2.31. The summed E-state index contributed by atoms with van der Waals surface area (Å²) in [7, 11) is 0. The van der Waals surface area contributed by atoms with E-state index in [9.17, 15) is 4.79 Å². The first kappa shape index (κ1) is 17.2. The predicted molar refractivity (Wildman–Crippen MR) is 103 cm³/mol. The van der Waals surface area contributed by atoms with Crippen LogP contribution in [0.25, 0.3) is 11.4 Å². The van der Waals surface area contributed by atoms with Crippen LogP contribution in [0, 0.1) is 0 Å². The second-order valence-corrected chi connectivity index (χ2v) is 6.17. The first-order valence-electron chi connectivity index (χ1n) is 8.94. The van der Waals surface area contributed by atoms with E-state index in [0.29, 0.717) is 18.6 Å². The molecule has 0 bridgehead atoms. The van der Waals surface area contributed by atoms with Crippen LogP contribution in [-0.4, -0.2) is 11.6 Å². The van der Waals surface area contributed by atoms with Crippen molar-refractivity contribution in [3.63, 3.8) is 0 Å². The second-order valence-electron chi connectivity index (χ2n) is 6.17. The van der Waals surface area contributed by atoms with Gasteiger partial charge in [-0.05, 0) is 12.8 Å². The minimum atomic E-state index is 0.332. The van der Waals surface area contributed by atoms with Crippen LogP contribution in [-0.2, 0) is 4.79 Å². The molecule has 25 heavy (non-hydrogen) atoms. The number of amidine groups is 1. The number of carbonyl (C=O) groups is 1. The topological polar surface area (TPSA) is 43.5 Å². The van der Waals surface area contributed by atoms with E-state index >= 15 is 0 Å². The monoisotopic (exact) mass is 331 g/mol. The fraction of sp³-hybridized carbons (Fsp3) is 0.273. The average molecular weight is 331 g/mol. The first-order valence-corrected chi connectivity index (χ1v) is 8.94. The summed E-state index contributed by atoms with van der Waals surface area (Å²) >= 11 is 0. The van der Waals surface area contributed by atoms with Gasteiger partial charge in [-0.1, -0.05) is 67.6 Å². The van der Waals surface area contributed by atoms with Crippen LogP contribution in [0.2, 0.25) is 0 Å². The molecule has 0 aromatic heterocycles. The maximum Gasteiger partial charge on any atom is 0.132 e. The lowest BCUT2D eigenvalue weighted by Crippen LogP contribution is -2.10. The summed E-state index contributed by atoms with van der Waals surface area (Å²) in [5.74, 6) is 1.19. The van der Waals surface area contributed by atoms with Gasteiger partial charge in [0, 0.05) is 30.4 Å². The molecule has 0 saturated carbocycles. The lowest BCUT2D eigenvalue weighted by atomic mass is 10.1. The molecule has 0 saturated heterocycles. The van der Waals surface area contributed by atoms with E-state index in [0.717, 1.165) is 47.6 Å². The predicted octanol–water partition coefficient (Wildman–Crippen LogP) is 5.07. The van der Waals surface area contributed by atoms with Crippen molar-refractivity contribution >= 4 is 23.0 Å². The Kier molecular flexibility index (Phi) is 5.78. The first-order chi connectivity index (χ1) is 12.3. The van der Waals surface area contributed by atoms with Gasteiger partial charge >= 0.3 is 0 Å².